The van der Waals surface area contributed by atoms with E-state index in [9.17, 15) is 0 Å². The molecule has 0 saturated heterocycles. The van der Waals surface area contributed by atoms with Crippen molar-refractivity contribution in [2.75, 3.05) is 6.61 Å². The maximum Gasteiger partial charge on any atom is 0.141 e. The van der Waals surface area contributed by atoms with Crippen molar-refractivity contribution >= 4 is 0 Å². The third kappa shape index (κ3) is 4.89. The van der Waals surface area contributed by atoms with Crippen LogP contribution in [0, 0.1) is 12.3 Å². The van der Waals surface area contributed by atoms with E-state index in [0.717, 1.165) is 11.1 Å². The molecule has 2 nitrogen and oxygen atoms in total. The summed E-state index contributed by atoms with van der Waals surface area (Å²) in [5.41, 5.74) is 2.24. The molecule has 0 unspecified atom stereocenters. The molecule has 0 fully saturated rings. The van der Waals surface area contributed by atoms with Crippen LogP contribution in [0.2, 0.25) is 0 Å². The molecule has 2 heteroatoms. The third-order valence-electron chi connectivity index (χ3n) is 2.86. The highest BCUT2D eigenvalue weighted by Gasteiger charge is 2.06. The summed E-state index contributed by atoms with van der Waals surface area (Å²) >= 11 is 0. The second kappa shape index (κ2) is 8.16. The van der Waals surface area contributed by atoms with Crippen LogP contribution < -0.4 is 0 Å². The molecule has 0 aliphatic heterocycles. The van der Waals surface area contributed by atoms with Gasteiger partial charge in [-0.2, -0.15) is 0 Å². The molecule has 1 atom stereocenters. The van der Waals surface area contributed by atoms with Gasteiger partial charge in [-0.3, -0.25) is 0 Å². The van der Waals surface area contributed by atoms with Crippen LogP contribution in [-0.2, 0) is 22.7 Å². The van der Waals surface area contributed by atoms with E-state index < -0.39 is 0 Å². The minimum Gasteiger partial charge on any atom is -0.373 e. The summed E-state index contributed by atoms with van der Waals surface area (Å²) in [5, 5.41) is 0. The summed E-state index contributed by atoms with van der Waals surface area (Å²) in [6, 6.07) is 20.0. The van der Waals surface area contributed by atoms with Gasteiger partial charge in [0.25, 0.3) is 0 Å². The first kappa shape index (κ1) is 14.3. The normalized spacial score (nSPS) is 11.8. The molecule has 0 bridgehead atoms. The fraction of sp³-hybridized carbons (Fsp3) is 0.222. The average molecular weight is 266 g/mol. The lowest BCUT2D eigenvalue weighted by Gasteiger charge is -2.13. The molecule has 0 spiro atoms. The van der Waals surface area contributed by atoms with Crippen LogP contribution in [0.15, 0.2) is 60.7 Å². The highest BCUT2D eigenvalue weighted by atomic mass is 16.5. The first-order valence-electron chi connectivity index (χ1n) is 6.62. The zero-order valence-electron chi connectivity index (χ0n) is 11.4. The van der Waals surface area contributed by atoms with Crippen molar-refractivity contribution < 1.29 is 9.47 Å². The van der Waals surface area contributed by atoms with Crippen LogP contribution in [0.1, 0.15) is 11.1 Å². The van der Waals surface area contributed by atoms with E-state index in [1.807, 2.05) is 60.7 Å². The Bertz CT molecular complexity index is 528. The smallest absolute Gasteiger partial charge is 0.141 e. The topological polar surface area (TPSA) is 18.5 Å². The molecule has 0 radical (unpaired) electrons. The predicted octanol–water partition coefficient (Wildman–Crippen LogP) is 3.42. The zero-order valence-corrected chi connectivity index (χ0v) is 11.4. The van der Waals surface area contributed by atoms with Crippen LogP contribution in [0.4, 0.5) is 0 Å². The van der Waals surface area contributed by atoms with Crippen molar-refractivity contribution in [1.29, 1.82) is 0 Å². The minimum absolute atomic E-state index is 0.320. The SMILES string of the molecule is C#C[C@@H](COCc1ccccc1)OCc1ccccc1. The summed E-state index contributed by atoms with van der Waals surface area (Å²) in [5.74, 6) is 2.61. The van der Waals surface area contributed by atoms with E-state index in [-0.39, 0.29) is 6.10 Å². The lowest BCUT2D eigenvalue weighted by molar-refractivity contribution is -0.000508. The van der Waals surface area contributed by atoms with Crippen molar-refractivity contribution in [3.63, 3.8) is 0 Å². The summed E-state index contributed by atoms with van der Waals surface area (Å²) in [6.07, 6.45) is 5.14. The van der Waals surface area contributed by atoms with E-state index in [2.05, 4.69) is 5.92 Å². The lowest BCUT2D eigenvalue weighted by atomic mass is 10.2. The molecule has 2 rings (SSSR count). The van der Waals surface area contributed by atoms with Gasteiger partial charge in [0.15, 0.2) is 0 Å². The van der Waals surface area contributed by atoms with Crippen LogP contribution >= 0.6 is 0 Å². The molecule has 2 aromatic rings. The molecule has 0 heterocycles. The predicted molar refractivity (Wildman–Crippen MR) is 80.0 cm³/mol. The molecule has 102 valence electrons. The van der Waals surface area contributed by atoms with Gasteiger partial charge in [-0.1, -0.05) is 66.6 Å². The summed E-state index contributed by atoms with van der Waals surface area (Å²) < 4.78 is 11.2. The molecule has 20 heavy (non-hydrogen) atoms. The van der Waals surface area contributed by atoms with Crippen LogP contribution in [-0.4, -0.2) is 12.7 Å². The van der Waals surface area contributed by atoms with Gasteiger partial charge in [0.2, 0.25) is 0 Å². The molecule has 0 N–H and O–H groups in total. The van der Waals surface area contributed by atoms with Gasteiger partial charge in [0, 0.05) is 0 Å². The molecule has 0 saturated carbocycles. The minimum atomic E-state index is -0.320. The molecule has 0 aromatic heterocycles. The molecule has 0 aliphatic rings. The Kier molecular flexibility index (Phi) is 5.85. The molecule has 2 aromatic carbocycles. The third-order valence-corrected chi connectivity index (χ3v) is 2.86. The standard InChI is InChI=1S/C18H18O2/c1-2-18(20-14-17-11-7-4-8-12-17)15-19-13-16-9-5-3-6-10-16/h1,3-12,18H,13-15H2/t18-/m0/s1. The first-order chi connectivity index (χ1) is 9.88. The maximum atomic E-state index is 5.65. The van der Waals surface area contributed by atoms with Crippen LogP contribution in [0.25, 0.3) is 0 Å². The van der Waals surface area contributed by atoms with E-state index in [0.29, 0.717) is 19.8 Å². The van der Waals surface area contributed by atoms with E-state index in [4.69, 9.17) is 15.9 Å². The highest BCUT2D eigenvalue weighted by Crippen LogP contribution is 2.05. The molecular formula is C18H18O2. The van der Waals surface area contributed by atoms with Crippen molar-refractivity contribution in [2.45, 2.75) is 19.3 Å². The van der Waals surface area contributed by atoms with Crippen molar-refractivity contribution in [2.24, 2.45) is 0 Å². The largest absolute Gasteiger partial charge is 0.373 e. The van der Waals surface area contributed by atoms with Crippen molar-refractivity contribution in [3.8, 4) is 12.3 Å². The monoisotopic (exact) mass is 266 g/mol. The number of rotatable bonds is 7. The highest BCUT2D eigenvalue weighted by molar-refractivity contribution is 5.14. The average Bonchev–Trinajstić information content (AvgIpc) is 2.52. The van der Waals surface area contributed by atoms with Gasteiger partial charge in [-0.15, -0.1) is 6.42 Å². The zero-order chi connectivity index (χ0) is 14.0. The summed E-state index contributed by atoms with van der Waals surface area (Å²) in [4.78, 5) is 0. The summed E-state index contributed by atoms with van der Waals surface area (Å²) in [7, 11) is 0. The second-order valence-corrected chi connectivity index (χ2v) is 4.45. The fourth-order valence-corrected chi connectivity index (χ4v) is 1.77. The molecular weight excluding hydrogens is 248 g/mol. The number of hydrogen-bond donors (Lipinski definition) is 0. The maximum absolute atomic E-state index is 5.65. The lowest BCUT2D eigenvalue weighted by Crippen LogP contribution is -2.17. The molecule has 0 aliphatic carbocycles. The van der Waals surface area contributed by atoms with E-state index in [1.54, 1.807) is 0 Å². The fourth-order valence-electron chi connectivity index (χ4n) is 1.77. The van der Waals surface area contributed by atoms with Gasteiger partial charge >= 0.3 is 0 Å². The number of benzene rings is 2. The van der Waals surface area contributed by atoms with Gasteiger partial charge in [0.1, 0.15) is 6.10 Å². The Morgan fingerprint density at radius 1 is 0.850 bits per heavy atom. The van der Waals surface area contributed by atoms with Gasteiger partial charge < -0.3 is 9.47 Å². The van der Waals surface area contributed by atoms with Gasteiger partial charge in [0.05, 0.1) is 19.8 Å². The van der Waals surface area contributed by atoms with E-state index >= 15 is 0 Å². The summed E-state index contributed by atoms with van der Waals surface area (Å²) in [6.45, 7) is 1.45. The number of ether oxygens (including phenoxy) is 2. The quantitative estimate of drug-likeness (QED) is 0.715. The van der Waals surface area contributed by atoms with Crippen LogP contribution in [0.5, 0.6) is 0 Å². The molecule has 0 amide bonds. The Labute approximate surface area is 120 Å². The Hall–Kier alpha value is -2.08. The van der Waals surface area contributed by atoms with E-state index in [1.165, 1.54) is 0 Å². The number of hydrogen-bond acceptors (Lipinski definition) is 2. The van der Waals surface area contributed by atoms with Crippen molar-refractivity contribution in [1.82, 2.24) is 0 Å². The Balaban J connectivity index is 1.72. The van der Waals surface area contributed by atoms with Crippen LogP contribution in [0.3, 0.4) is 0 Å². The second-order valence-electron chi connectivity index (χ2n) is 4.45. The Morgan fingerprint density at radius 3 is 1.95 bits per heavy atom. The Morgan fingerprint density at radius 2 is 1.40 bits per heavy atom. The number of terminal acetylenes is 1. The van der Waals surface area contributed by atoms with Crippen molar-refractivity contribution in [3.05, 3.63) is 71.8 Å². The van der Waals surface area contributed by atoms with Gasteiger partial charge in [-0.05, 0) is 11.1 Å². The first-order valence-corrected chi connectivity index (χ1v) is 6.62. The van der Waals surface area contributed by atoms with Gasteiger partial charge in [-0.25, -0.2) is 0 Å².